The fourth-order valence-electron chi connectivity index (χ4n) is 3.26. The zero-order valence-corrected chi connectivity index (χ0v) is 12.5. The highest BCUT2D eigenvalue weighted by Gasteiger charge is 2.33. The molecule has 1 saturated heterocycles. The molecule has 1 aliphatic rings. The van der Waals surface area contributed by atoms with E-state index in [2.05, 4.69) is 15.0 Å². The summed E-state index contributed by atoms with van der Waals surface area (Å²) >= 11 is 0. The first kappa shape index (κ1) is 14.7. The van der Waals surface area contributed by atoms with Gasteiger partial charge in [-0.3, -0.25) is 14.4 Å². The third kappa shape index (κ3) is 3.17. The SMILES string of the molecule is NC(=O)[C@@H](c1ccccc1)N1CCCC[C@H]1Cn1cncn1. The molecule has 2 aromatic rings. The number of benzene rings is 1. The smallest absolute Gasteiger partial charge is 0.239 e. The Morgan fingerprint density at radius 2 is 2.14 bits per heavy atom. The summed E-state index contributed by atoms with van der Waals surface area (Å²) < 4.78 is 1.83. The lowest BCUT2D eigenvalue weighted by molar-refractivity contribution is -0.125. The highest BCUT2D eigenvalue weighted by molar-refractivity contribution is 5.81. The molecular formula is C16H21N5O. The zero-order chi connectivity index (χ0) is 15.4. The Morgan fingerprint density at radius 3 is 2.82 bits per heavy atom. The maximum atomic E-state index is 12.1. The van der Waals surface area contributed by atoms with Gasteiger partial charge in [0, 0.05) is 6.04 Å². The van der Waals surface area contributed by atoms with E-state index in [9.17, 15) is 4.79 Å². The summed E-state index contributed by atoms with van der Waals surface area (Å²) in [7, 11) is 0. The molecule has 2 atom stereocenters. The number of hydrogen-bond donors (Lipinski definition) is 1. The van der Waals surface area contributed by atoms with Gasteiger partial charge in [0.25, 0.3) is 0 Å². The summed E-state index contributed by atoms with van der Waals surface area (Å²) in [6.45, 7) is 1.61. The zero-order valence-electron chi connectivity index (χ0n) is 12.5. The van der Waals surface area contributed by atoms with E-state index in [4.69, 9.17) is 5.73 Å². The lowest BCUT2D eigenvalue weighted by Gasteiger charge is -2.40. The van der Waals surface area contributed by atoms with Gasteiger partial charge in [-0.05, 0) is 24.9 Å². The first-order valence-corrected chi connectivity index (χ1v) is 7.68. The first-order valence-electron chi connectivity index (χ1n) is 7.68. The maximum Gasteiger partial charge on any atom is 0.239 e. The average Bonchev–Trinajstić information content (AvgIpc) is 3.03. The second kappa shape index (κ2) is 6.70. The number of amides is 1. The number of nitrogens with zero attached hydrogens (tertiary/aromatic N) is 4. The van der Waals surface area contributed by atoms with Crippen LogP contribution in [0, 0.1) is 0 Å². The number of carbonyl (C=O) groups excluding carboxylic acids is 1. The molecule has 22 heavy (non-hydrogen) atoms. The summed E-state index contributed by atoms with van der Waals surface area (Å²) in [5, 5.41) is 4.18. The fourth-order valence-corrected chi connectivity index (χ4v) is 3.26. The van der Waals surface area contributed by atoms with Crippen LogP contribution in [0.2, 0.25) is 0 Å². The van der Waals surface area contributed by atoms with Gasteiger partial charge in [-0.25, -0.2) is 4.98 Å². The van der Waals surface area contributed by atoms with E-state index in [0.717, 1.165) is 37.9 Å². The van der Waals surface area contributed by atoms with Crippen molar-refractivity contribution < 1.29 is 4.79 Å². The Bertz CT molecular complexity index is 598. The van der Waals surface area contributed by atoms with Gasteiger partial charge in [0.1, 0.15) is 18.7 Å². The number of rotatable bonds is 5. The molecule has 0 radical (unpaired) electrons. The van der Waals surface area contributed by atoms with E-state index in [1.165, 1.54) is 6.33 Å². The van der Waals surface area contributed by atoms with Crippen molar-refractivity contribution in [1.29, 1.82) is 0 Å². The van der Waals surface area contributed by atoms with Crippen molar-refractivity contribution in [3.05, 3.63) is 48.5 Å². The topological polar surface area (TPSA) is 77.0 Å². The van der Waals surface area contributed by atoms with Crippen LogP contribution < -0.4 is 5.73 Å². The van der Waals surface area contributed by atoms with Crippen LogP contribution in [0.4, 0.5) is 0 Å². The summed E-state index contributed by atoms with van der Waals surface area (Å²) in [4.78, 5) is 18.3. The van der Waals surface area contributed by atoms with Crippen molar-refractivity contribution in [2.24, 2.45) is 5.73 Å². The van der Waals surface area contributed by atoms with Crippen molar-refractivity contribution in [2.75, 3.05) is 6.54 Å². The minimum absolute atomic E-state index is 0.244. The number of likely N-dealkylation sites (tertiary alicyclic amines) is 1. The Hall–Kier alpha value is -2.21. The lowest BCUT2D eigenvalue weighted by Crippen LogP contribution is -2.48. The van der Waals surface area contributed by atoms with Gasteiger partial charge in [0.2, 0.25) is 5.91 Å². The van der Waals surface area contributed by atoms with Gasteiger partial charge < -0.3 is 5.73 Å². The molecule has 1 aromatic heterocycles. The van der Waals surface area contributed by atoms with Crippen molar-refractivity contribution in [3.63, 3.8) is 0 Å². The van der Waals surface area contributed by atoms with Crippen LogP contribution in [0.15, 0.2) is 43.0 Å². The van der Waals surface area contributed by atoms with E-state index in [-0.39, 0.29) is 18.0 Å². The van der Waals surface area contributed by atoms with Gasteiger partial charge in [-0.1, -0.05) is 36.8 Å². The number of hydrogen-bond acceptors (Lipinski definition) is 4. The molecule has 6 heteroatoms. The standard InChI is InChI=1S/C16H21N5O/c17-16(22)15(13-6-2-1-3-7-13)21-9-5-4-8-14(21)10-20-12-18-11-19-20/h1-3,6-7,11-12,14-15H,4-5,8-10H2,(H2,17,22)/t14-,15+/m0/s1. The van der Waals surface area contributed by atoms with E-state index in [1.807, 2.05) is 35.0 Å². The van der Waals surface area contributed by atoms with Gasteiger partial charge in [0.15, 0.2) is 0 Å². The number of piperidine rings is 1. The van der Waals surface area contributed by atoms with Crippen LogP contribution in [-0.2, 0) is 11.3 Å². The van der Waals surface area contributed by atoms with E-state index < -0.39 is 0 Å². The Kier molecular flexibility index (Phi) is 4.48. The number of nitrogens with two attached hydrogens (primary N) is 1. The molecule has 1 fully saturated rings. The third-order valence-electron chi connectivity index (χ3n) is 4.25. The van der Waals surface area contributed by atoms with Gasteiger partial charge >= 0.3 is 0 Å². The van der Waals surface area contributed by atoms with Crippen LogP contribution in [0.5, 0.6) is 0 Å². The summed E-state index contributed by atoms with van der Waals surface area (Å²) in [5.74, 6) is -0.295. The molecule has 0 aliphatic carbocycles. The molecular weight excluding hydrogens is 278 g/mol. The second-order valence-corrected chi connectivity index (χ2v) is 5.72. The Labute approximate surface area is 129 Å². The van der Waals surface area contributed by atoms with Crippen LogP contribution in [0.1, 0.15) is 30.9 Å². The van der Waals surface area contributed by atoms with Crippen molar-refractivity contribution in [1.82, 2.24) is 19.7 Å². The van der Waals surface area contributed by atoms with Crippen LogP contribution in [-0.4, -0.2) is 38.2 Å². The van der Waals surface area contributed by atoms with Crippen molar-refractivity contribution in [3.8, 4) is 0 Å². The monoisotopic (exact) mass is 299 g/mol. The van der Waals surface area contributed by atoms with E-state index in [1.54, 1.807) is 6.33 Å². The van der Waals surface area contributed by atoms with Crippen LogP contribution >= 0.6 is 0 Å². The second-order valence-electron chi connectivity index (χ2n) is 5.72. The normalized spacial score (nSPS) is 20.6. The van der Waals surface area contributed by atoms with E-state index >= 15 is 0 Å². The Morgan fingerprint density at radius 1 is 1.32 bits per heavy atom. The maximum absolute atomic E-state index is 12.1. The van der Waals surface area contributed by atoms with E-state index in [0.29, 0.717) is 0 Å². The van der Waals surface area contributed by atoms with Crippen molar-refractivity contribution in [2.45, 2.75) is 37.9 Å². The van der Waals surface area contributed by atoms with Gasteiger partial charge in [0.05, 0.1) is 6.54 Å². The summed E-state index contributed by atoms with van der Waals surface area (Å²) in [5.41, 5.74) is 6.68. The average molecular weight is 299 g/mol. The molecule has 2 N–H and O–H groups in total. The Balaban J connectivity index is 1.85. The van der Waals surface area contributed by atoms with Gasteiger partial charge in [-0.2, -0.15) is 5.10 Å². The molecule has 1 aliphatic heterocycles. The van der Waals surface area contributed by atoms with Gasteiger partial charge in [-0.15, -0.1) is 0 Å². The summed E-state index contributed by atoms with van der Waals surface area (Å²) in [6, 6.07) is 9.64. The number of aromatic nitrogens is 3. The molecule has 0 spiro atoms. The highest BCUT2D eigenvalue weighted by Crippen LogP contribution is 2.29. The molecule has 0 unspecified atom stereocenters. The molecule has 1 amide bonds. The fraction of sp³-hybridized carbons (Fsp3) is 0.438. The molecule has 3 rings (SSSR count). The molecule has 0 saturated carbocycles. The quantitative estimate of drug-likeness (QED) is 0.904. The molecule has 1 aromatic carbocycles. The first-order chi connectivity index (χ1) is 10.8. The highest BCUT2D eigenvalue weighted by atomic mass is 16.1. The molecule has 0 bridgehead atoms. The lowest BCUT2D eigenvalue weighted by atomic mass is 9.96. The van der Waals surface area contributed by atoms with Crippen molar-refractivity contribution >= 4 is 5.91 Å². The predicted octanol–water partition coefficient (Wildman–Crippen LogP) is 1.36. The molecule has 116 valence electrons. The van der Waals surface area contributed by atoms with Crippen LogP contribution in [0.3, 0.4) is 0 Å². The largest absolute Gasteiger partial charge is 0.368 e. The molecule has 2 heterocycles. The predicted molar refractivity (Wildman–Crippen MR) is 82.7 cm³/mol. The number of carbonyl (C=O) groups is 1. The third-order valence-corrected chi connectivity index (χ3v) is 4.25. The molecule has 6 nitrogen and oxygen atoms in total. The minimum atomic E-state index is -0.380. The van der Waals surface area contributed by atoms with Crippen LogP contribution in [0.25, 0.3) is 0 Å². The number of primary amides is 1. The summed E-state index contributed by atoms with van der Waals surface area (Å²) in [6.07, 6.45) is 6.54. The minimum Gasteiger partial charge on any atom is -0.368 e.